The van der Waals surface area contributed by atoms with Crippen molar-refractivity contribution < 1.29 is 14.6 Å². The van der Waals surface area contributed by atoms with E-state index >= 15 is 0 Å². The minimum Gasteiger partial charge on any atom is -0.476 e. The summed E-state index contributed by atoms with van der Waals surface area (Å²) >= 11 is 3.20. The summed E-state index contributed by atoms with van der Waals surface area (Å²) in [4.78, 5) is 14.6. The third-order valence-corrected chi connectivity index (χ3v) is 2.68. The summed E-state index contributed by atoms with van der Waals surface area (Å²) in [5, 5.41) is 8.77. The molecule has 0 fully saturated rings. The highest BCUT2D eigenvalue weighted by atomic mass is 79.9. The molecule has 0 spiro atoms. The fraction of sp³-hybridized carbons (Fsp3) is 0.429. The van der Waals surface area contributed by atoms with Crippen LogP contribution in [0.1, 0.15) is 16.3 Å². The number of halogens is 1. The minimum atomic E-state index is -1.02. The van der Waals surface area contributed by atoms with E-state index in [-0.39, 0.29) is 5.69 Å². The van der Waals surface area contributed by atoms with Crippen LogP contribution in [0.3, 0.4) is 0 Å². The second-order valence-electron chi connectivity index (χ2n) is 2.68. The topological polar surface area (TPSA) is 64.3 Å². The van der Waals surface area contributed by atoms with Gasteiger partial charge in [-0.05, 0) is 15.9 Å². The normalized spacial score (nSPS) is 15.5. The molecule has 70 valence electrons. The van der Waals surface area contributed by atoms with Gasteiger partial charge < -0.3 is 14.4 Å². The summed E-state index contributed by atoms with van der Waals surface area (Å²) in [5.74, 6) is -0.357. The Hall–Kier alpha value is -0.880. The van der Waals surface area contributed by atoms with Gasteiger partial charge in [-0.25, -0.2) is 9.78 Å². The number of carbonyl (C=O) groups is 1. The molecule has 0 saturated carbocycles. The number of aromatic nitrogens is 2. The molecular formula is C7H7BrN2O3. The average molecular weight is 247 g/mol. The summed E-state index contributed by atoms with van der Waals surface area (Å²) < 4.78 is 7.49. The first-order valence-corrected chi connectivity index (χ1v) is 4.55. The summed E-state index contributed by atoms with van der Waals surface area (Å²) in [7, 11) is 0. The number of nitrogens with zero attached hydrogens (tertiary/aromatic N) is 2. The quantitative estimate of drug-likeness (QED) is 0.799. The number of hydrogen-bond acceptors (Lipinski definition) is 3. The fourth-order valence-corrected chi connectivity index (χ4v) is 1.91. The number of carboxylic acid groups (broad SMARTS) is 1. The molecule has 5 nitrogen and oxygen atoms in total. The maximum Gasteiger partial charge on any atom is 0.357 e. The van der Waals surface area contributed by atoms with E-state index in [1.54, 1.807) is 0 Å². The van der Waals surface area contributed by atoms with Crippen molar-refractivity contribution in [3.8, 4) is 0 Å². The van der Waals surface area contributed by atoms with Gasteiger partial charge in [0.15, 0.2) is 5.69 Å². The molecule has 0 atom stereocenters. The lowest BCUT2D eigenvalue weighted by Crippen LogP contribution is -2.16. The highest BCUT2D eigenvalue weighted by Gasteiger charge is 2.21. The molecule has 2 rings (SSSR count). The second kappa shape index (κ2) is 3.12. The van der Waals surface area contributed by atoms with Crippen LogP contribution in [0.4, 0.5) is 0 Å². The molecule has 0 radical (unpaired) electrons. The molecule has 1 aromatic rings. The van der Waals surface area contributed by atoms with Gasteiger partial charge in [0.25, 0.3) is 0 Å². The largest absolute Gasteiger partial charge is 0.476 e. The van der Waals surface area contributed by atoms with E-state index < -0.39 is 5.97 Å². The Balaban J connectivity index is 2.50. The maximum atomic E-state index is 10.7. The van der Waals surface area contributed by atoms with Crippen LogP contribution in [0.25, 0.3) is 0 Å². The molecule has 1 N–H and O–H groups in total. The van der Waals surface area contributed by atoms with Gasteiger partial charge >= 0.3 is 5.97 Å². The molecule has 6 heteroatoms. The van der Waals surface area contributed by atoms with Crippen LogP contribution in [0.15, 0.2) is 4.60 Å². The van der Waals surface area contributed by atoms with Gasteiger partial charge in [-0.15, -0.1) is 0 Å². The van der Waals surface area contributed by atoms with Crippen LogP contribution >= 0.6 is 15.9 Å². The molecule has 0 bridgehead atoms. The van der Waals surface area contributed by atoms with E-state index in [9.17, 15) is 4.79 Å². The lowest BCUT2D eigenvalue weighted by atomic mass is 10.5. The minimum absolute atomic E-state index is 0.0560. The molecule has 1 aliphatic rings. The highest BCUT2D eigenvalue weighted by Crippen LogP contribution is 2.21. The Morgan fingerprint density at radius 3 is 3.08 bits per heavy atom. The summed E-state index contributed by atoms with van der Waals surface area (Å²) in [6.07, 6.45) is 0. The molecule has 1 aromatic heterocycles. The molecule has 2 heterocycles. The number of aromatic carboxylic acids is 1. The lowest BCUT2D eigenvalue weighted by Gasteiger charge is -2.14. The molecule has 0 aliphatic carbocycles. The molecule has 13 heavy (non-hydrogen) atoms. The van der Waals surface area contributed by atoms with E-state index in [2.05, 4.69) is 20.9 Å². The van der Waals surface area contributed by atoms with Crippen molar-refractivity contribution >= 4 is 21.9 Å². The predicted octanol–water partition coefficient (Wildman–Crippen LogP) is 0.874. The molecule has 0 saturated heterocycles. The third-order valence-electron chi connectivity index (χ3n) is 1.88. The zero-order valence-electron chi connectivity index (χ0n) is 6.66. The molecule has 0 amide bonds. The number of ether oxygens (including phenoxy) is 1. The van der Waals surface area contributed by atoms with Gasteiger partial charge in [0.05, 0.1) is 6.61 Å². The number of hydrogen-bond donors (Lipinski definition) is 1. The van der Waals surface area contributed by atoms with E-state index in [1.165, 1.54) is 0 Å². The van der Waals surface area contributed by atoms with Gasteiger partial charge in [-0.2, -0.15) is 0 Å². The summed E-state index contributed by atoms with van der Waals surface area (Å²) in [6.45, 7) is 1.63. The molecule has 1 aliphatic heterocycles. The Bertz CT molecular complexity index is 361. The van der Waals surface area contributed by atoms with Crippen LogP contribution < -0.4 is 0 Å². The first kappa shape index (κ1) is 8.71. The van der Waals surface area contributed by atoms with Crippen molar-refractivity contribution in [1.82, 2.24) is 9.55 Å². The van der Waals surface area contributed by atoms with Crippen LogP contribution in [0.2, 0.25) is 0 Å². The summed E-state index contributed by atoms with van der Waals surface area (Å²) in [5.41, 5.74) is 0.0560. The zero-order valence-corrected chi connectivity index (χ0v) is 8.24. The number of imidazole rings is 1. The van der Waals surface area contributed by atoms with Crippen molar-refractivity contribution in [2.45, 2.75) is 13.2 Å². The number of rotatable bonds is 1. The highest BCUT2D eigenvalue weighted by molar-refractivity contribution is 9.10. The van der Waals surface area contributed by atoms with Gasteiger partial charge in [0, 0.05) is 6.54 Å². The smallest absolute Gasteiger partial charge is 0.357 e. The van der Waals surface area contributed by atoms with Crippen molar-refractivity contribution in [3.63, 3.8) is 0 Å². The Morgan fingerprint density at radius 1 is 1.69 bits per heavy atom. The first-order valence-electron chi connectivity index (χ1n) is 3.76. The van der Waals surface area contributed by atoms with Crippen LogP contribution in [-0.2, 0) is 17.9 Å². The van der Waals surface area contributed by atoms with E-state index in [0.29, 0.717) is 30.2 Å². The average Bonchev–Trinajstić information content (AvgIpc) is 2.45. The molecular weight excluding hydrogens is 240 g/mol. The fourth-order valence-electron chi connectivity index (χ4n) is 1.27. The predicted molar refractivity (Wildman–Crippen MR) is 46.5 cm³/mol. The van der Waals surface area contributed by atoms with Crippen molar-refractivity contribution in [2.24, 2.45) is 0 Å². The van der Waals surface area contributed by atoms with Gasteiger partial charge in [0.1, 0.15) is 17.0 Å². The number of fused-ring (bicyclic) bond motifs is 1. The molecule has 0 aromatic carbocycles. The Morgan fingerprint density at radius 2 is 2.46 bits per heavy atom. The van der Waals surface area contributed by atoms with E-state index in [1.807, 2.05) is 4.57 Å². The SMILES string of the molecule is O=C(O)c1nc2n(c1Br)CCOC2. The van der Waals surface area contributed by atoms with Gasteiger partial charge in [0.2, 0.25) is 0 Å². The lowest BCUT2D eigenvalue weighted by molar-refractivity contribution is 0.0689. The Labute approximate surface area is 82.5 Å². The second-order valence-corrected chi connectivity index (χ2v) is 3.43. The van der Waals surface area contributed by atoms with Gasteiger partial charge in [-0.3, -0.25) is 0 Å². The van der Waals surface area contributed by atoms with Crippen LogP contribution in [-0.4, -0.2) is 27.2 Å². The monoisotopic (exact) mass is 246 g/mol. The van der Waals surface area contributed by atoms with Crippen molar-refractivity contribution in [1.29, 1.82) is 0 Å². The van der Waals surface area contributed by atoms with E-state index in [0.717, 1.165) is 0 Å². The van der Waals surface area contributed by atoms with Gasteiger partial charge in [-0.1, -0.05) is 0 Å². The Kier molecular flexibility index (Phi) is 2.09. The first-order chi connectivity index (χ1) is 6.20. The molecule has 0 unspecified atom stereocenters. The van der Waals surface area contributed by atoms with Crippen LogP contribution in [0, 0.1) is 0 Å². The van der Waals surface area contributed by atoms with Crippen molar-refractivity contribution in [3.05, 3.63) is 16.1 Å². The summed E-state index contributed by atoms with van der Waals surface area (Å²) in [6, 6.07) is 0. The van der Waals surface area contributed by atoms with Crippen LogP contribution in [0.5, 0.6) is 0 Å². The number of carboxylic acids is 1. The standard InChI is InChI=1S/C7H7BrN2O3/c8-6-5(7(11)12)9-4-3-13-2-1-10(4)6/h1-3H2,(H,11,12). The zero-order chi connectivity index (χ0) is 9.42. The van der Waals surface area contributed by atoms with E-state index in [4.69, 9.17) is 9.84 Å². The van der Waals surface area contributed by atoms with Crippen molar-refractivity contribution in [2.75, 3.05) is 6.61 Å². The third kappa shape index (κ3) is 1.36. The maximum absolute atomic E-state index is 10.7.